The van der Waals surface area contributed by atoms with Crippen LogP contribution in [0.2, 0.25) is 0 Å². The molecule has 1 unspecified atom stereocenters. The summed E-state index contributed by atoms with van der Waals surface area (Å²) in [6, 6.07) is 9.09. The second-order valence-corrected chi connectivity index (χ2v) is 4.25. The highest BCUT2D eigenvalue weighted by atomic mass is 32.2. The van der Waals surface area contributed by atoms with E-state index in [1.54, 1.807) is 12.1 Å². The van der Waals surface area contributed by atoms with E-state index in [1.165, 1.54) is 0 Å². The second-order valence-electron chi connectivity index (χ2n) is 2.92. The topological polar surface area (TPSA) is 26.3 Å². The Bertz CT molecular complexity index is 293. The van der Waals surface area contributed by atoms with E-state index in [0.29, 0.717) is 17.4 Å². The smallest absolute Gasteiger partial charge is 0.338 e. The van der Waals surface area contributed by atoms with Crippen molar-refractivity contribution in [1.82, 2.24) is 0 Å². The molecule has 0 bridgehead atoms. The minimum absolute atomic E-state index is 0.215. The van der Waals surface area contributed by atoms with Gasteiger partial charge >= 0.3 is 5.97 Å². The molecule has 1 aromatic carbocycles. The molecule has 0 aliphatic carbocycles. The van der Waals surface area contributed by atoms with Crippen molar-refractivity contribution in [3.05, 3.63) is 35.9 Å². The zero-order chi connectivity index (χ0) is 9.10. The average molecular weight is 194 g/mol. The molecule has 2 rings (SSSR count). The fourth-order valence-electron chi connectivity index (χ4n) is 0.990. The van der Waals surface area contributed by atoms with Crippen LogP contribution in [0, 0.1) is 0 Å². The molecule has 0 aromatic heterocycles. The van der Waals surface area contributed by atoms with Gasteiger partial charge in [-0.05, 0) is 12.1 Å². The maximum Gasteiger partial charge on any atom is 0.338 e. The first-order valence-corrected chi connectivity index (χ1v) is 5.25. The molecule has 1 saturated heterocycles. The van der Waals surface area contributed by atoms with Crippen molar-refractivity contribution in [2.24, 2.45) is 0 Å². The molecule has 0 radical (unpaired) electrons. The Morgan fingerprint density at radius 3 is 2.77 bits per heavy atom. The number of carbonyl (C=O) groups is 1. The third-order valence-corrected chi connectivity index (χ3v) is 2.75. The van der Waals surface area contributed by atoms with Gasteiger partial charge in [-0.1, -0.05) is 18.2 Å². The van der Waals surface area contributed by atoms with Crippen molar-refractivity contribution in [2.75, 3.05) is 12.4 Å². The number of rotatable bonds is 3. The zero-order valence-corrected chi connectivity index (χ0v) is 7.92. The summed E-state index contributed by atoms with van der Waals surface area (Å²) in [4.78, 5) is 11.3. The predicted octanol–water partition coefficient (Wildman–Crippen LogP) is 1.96. The molecule has 1 fully saturated rings. The normalized spacial score (nSPS) is 19.5. The molecule has 0 spiro atoms. The summed E-state index contributed by atoms with van der Waals surface area (Å²) in [7, 11) is 0. The van der Waals surface area contributed by atoms with Crippen molar-refractivity contribution in [2.45, 2.75) is 5.25 Å². The highest BCUT2D eigenvalue weighted by Gasteiger charge is 2.24. The van der Waals surface area contributed by atoms with Crippen molar-refractivity contribution < 1.29 is 9.53 Å². The lowest BCUT2D eigenvalue weighted by Crippen LogP contribution is -2.09. The Morgan fingerprint density at radius 2 is 2.15 bits per heavy atom. The van der Waals surface area contributed by atoms with Crippen LogP contribution in [0.3, 0.4) is 0 Å². The molecular formula is C10H10O2S. The highest BCUT2D eigenvalue weighted by Crippen LogP contribution is 2.30. The van der Waals surface area contributed by atoms with E-state index in [0.717, 1.165) is 5.75 Å². The number of esters is 1. The van der Waals surface area contributed by atoms with Gasteiger partial charge in [0.25, 0.3) is 0 Å². The van der Waals surface area contributed by atoms with Crippen LogP contribution in [0.15, 0.2) is 30.3 Å². The summed E-state index contributed by atoms with van der Waals surface area (Å²) in [5.41, 5.74) is 0.633. The maximum atomic E-state index is 11.3. The lowest BCUT2D eigenvalue weighted by atomic mass is 10.2. The van der Waals surface area contributed by atoms with Crippen molar-refractivity contribution in [1.29, 1.82) is 0 Å². The molecule has 1 aliphatic rings. The minimum Gasteiger partial charge on any atom is -0.461 e. The van der Waals surface area contributed by atoms with Crippen LogP contribution in [-0.2, 0) is 4.74 Å². The third kappa shape index (κ3) is 2.49. The number of ether oxygens (including phenoxy) is 1. The van der Waals surface area contributed by atoms with Gasteiger partial charge in [-0.2, -0.15) is 11.8 Å². The SMILES string of the molecule is O=C(OCC1CS1)c1ccccc1. The molecule has 3 heteroatoms. The molecule has 1 aliphatic heterocycles. The minimum atomic E-state index is -0.215. The molecule has 0 saturated carbocycles. The fourth-order valence-corrected chi connectivity index (χ4v) is 1.39. The van der Waals surface area contributed by atoms with E-state index in [4.69, 9.17) is 4.74 Å². The summed E-state index contributed by atoms with van der Waals surface area (Å²) < 4.78 is 5.09. The van der Waals surface area contributed by atoms with Crippen molar-refractivity contribution in [3.8, 4) is 0 Å². The standard InChI is InChI=1S/C10H10O2S/c11-10(12-6-9-7-13-9)8-4-2-1-3-5-8/h1-5,9H,6-7H2. The van der Waals surface area contributed by atoms with Gasteiger partial charge in [0.15, 0.2) is 0 Å². The Labute approximate surface area is 81.3 Å². The first-order valence-electron chi connectivity index (χ1n) is 4.20. The number of thioether (sulfide) groups is 1. The predicted molar refractivity (Wildman–Crippen MR) is 53.0 cm³/mol. The Morgan fingerprint density at radius 1 is 1.46 bits per heavy atom. The van der Waals surface area contributed by atoms with Gasteiger partial charge in [0.05, 0.1) is 5.56 Å². The van der Waals surface area contributed by atoms with Crippen LogP contribution in [0.1, 0.15) is 10.4 Å². The molecule has 1 atom stereocenters. The van der Waals surface area contributed by atoms with Crippen LogP contribution >= 0.6 is 11.8 Å². The lowest BCUT2D eigenvalue weighted by Gasteiger charge is -2.01. The maximum absolute atomic E-state index is 11.3. The van der Waals surface area contributed by atoms with Crippen LogP contribution in [0.5, 0.6) is 0 Å². The molecule has 0 amide bonds. The molecule has 0 N–H and O–H groups in total. The Kier molecular flexibility index (Phi) is 2.54. The van der Waals surface area contributed by atoms with Gasteiger partial charge in [0, 0.05) is 11.0 Å². The van der Waals surface area contributed by atoms with Crippen molar-refractivity contribution in [3.63, 3.8) is 0 Å². The molecule has 2 nitrogen and oxygen atoms in total. The summed E-state index contributed by atoms with van der Waals surface area (Å²) in [6.45, 7) is 0.554. The summed E-state index contributed by atoms with van der Waals surface area (Å²) in [6.07, 6.45) is 0. The first-order chi connectivity index (χ1) is 6.36. The lowest BCUT2D eigenvalue weighted by molar-refractivity contribution is 0.0517. The van der Waals surface area contributed by atoms with Crippen molar-refractivity contribution >= 4 is 17.7 Å². The summed E-state index contributed by atoms with van der Waals surface area (Å²) in [5, 5.41) is 0.549. The molecule has 68 valence electrons. The van der Waals surface area contributed by atoms with Gasteiger partial charge < -0.3 is 4.74 Å². The van der Waals surface area contributed by atoms with E-state index < -0.39 is 0 Å². The largest absolute Gasteiger partial charge is 0.461 e. The van der Waals surface area contributed by atoms with Gasteiger partial charge in [0.2, 0.25) is 0 Å². The Balaban J connectivity index is 1.89. The number of benzene rings is 1. The molecule has 1 heterocycles. The van der Waals surface area contributed by atoms with Crippen LogP contribution in [-0.4, -0.2) is 23.6 Å². The van der Waals surface area contributed by atoms with Crippen LogP contribution in [0.25, 0.3) is 0 Å². The summed E-state index contributed by atoms with van der Waals surface area (Å²) in [5.74, 6) is 0.912. The van der Waals surface area contributed by atoms with Crippen LogP contribution < -0.4 is 0 Å². The molecule has 13 heavy (non-hydrogen) atoms. The quantitative estimate of drug-likeness (QED) is 0.543. The van der Waals surface area contributed by atoms with Gasteiger partial charge in [0.1, 0.15) is 6.61 Å². The van der Waals surface area contributed by atoms with Crippen LogP contribution in [0.4, 0.5) is 0 Å². The summed E-state index contributed by atoms with van der Waals surface area (Å²) >= 11 is 1.83. The average Bonchev–Trinajstić information content (AvgIpc) is 2.99. The second kappa shape index (κ2) is 3.83. The molecule has 1 aromatic rings. The monoisotopic (exact) mass is 194 g/mol. The number of hydrogen-bond acceptors (Lipinski definition) is 3. The van der Waals surface area contributed by atoms with Gasteiger partial charge in [-0.25, -0.2) is 4.79 Å². The number of hydrogen-bond donors (Lipinski definition) is 0. The number of carbonyl (C=O) groups excluding carboxylic acids is 1. The van der Waals surface area contributed by atoms with E-state index in [2.05, 4.69) is 0 Å². The van der Waals surface area contributed by atoms with Gasteiger partial charge in [-0.3, -0.25) is 0 Å². The van der Waals surface area contributed by atoms with E-state index in [9.17, 15) is 4.79 Å². The Hall–Kier alpha value is -0.960. The molecular weight excluding hydrogens is 184 g/mol. The van der Waals surface area contributed by atoms with E-state index >= 15 is 0 Å². The fraction of sp³-hybridized carbons (Fsp3) is 0.300. The van der Waals surface area contributed by atoms with E-state index in [1.807, 2.05) is 30.0 Å². The zero-order valence-electron chi connectivity index (χ0n) is 7.10. The highest BCUT2D eigenvalue weighted by molar-refractivity contribution is 8.06. The third-order valence-electron chi connectivity index (χ3n) is 1.81. The van der Waals surface area contributed by atoms with Gasteiger partial charge in [-0.15, -0.1) is 0 Å². The van der Waals surface area contributed by atoms with E-state index in [-0.39, 0.29) is 5.97 Å². The first kappa shape index (κ1) is 8.63.